The Bertz CT molecular complexity index is 505. The van der Waals surface area contributed by atoms with Crippen LogP contribution in [0.25, 0.3) is 5.65 Å². The fourth-order valence-electron chi connectivity index (χ4n) is 1.97. The van der Waals surface area contributed by atoms with Crippen LogP contribution in [0.3, 0.4) is 0 Å². The summed E-state index contributed by atoms with van der Waals surface area (Å²) in [6.07, 6.45) is 3.84. The lowest BCUT2D eigenvalue weighted by Gasteiger charge is -2.11. The van der Waals surface area contributed by atoms with Gasteiger partial charge in [0.15, 0.2) is 5.65 Å². The number of pyridine rings is 1. The smallest absolute Gasteiger partial charge is 0.157 e. The fourth-order valence-corrected chi connectivity index (χ4v) is 1.97. The van der Waals surface area contributed by atoms with Crippen molar-refractivity contribution in [2.45, 2.75) is 26.7 Å². The van der Waals surface area contributed by atoms with Gasteiger partial charge in [0.25, 0.3) is 0 Å². The maximum atomic E-state index is 5.60. The summed E-state index contributed by atoms with van der Waals surface area (Å²) in [4.78, 5) is 4.21. The Morgan fingerprint density at radius 1 is 1.44 bits per heavy atom. The van der Waals surface area contributed by atoms with Gasteiger partial charge in [0.05, 0.1) is 0 Å². The van der Waals surface area contributed by atoms with Crippen molar-refractivity contribution in [3.8, 4) is 0 Å². The molecule has 0 spiro atoms. The van der Waals surface area contributed by atoms with Gasteiger partial charge in [-0.1, -0.05) is 6.92 Å². The molecule has 2 rings (SSSR count). The van der Waals surface area contributed by atoms with E-state index in [1.54, 1.807) is 6.33 Å². The number of rotatable bonds is 6. The van der Waals surface area contributed by atoms with Crippen LogP contribution < -0.4 is 11.1 Å². The van der Waals surface area contributed by atoms with E-state index in [0.717, 1.165) is 37.4 Å². The molecule has 0 saturated heterocycles. The number of fused-ring (bicyclic) bond motifs is 1. The summed E-state index contributed by atoms with van der Waals surface area (Å²) in [6.45, 7) is 5.94. The number of anilines is 1. The molecule has 2 heterocycles. The van der Waals surface area contributed by atoms with Crippen molar-refractivity contribution < 1.29 is 0 Å². The molecule has 0 aliphatic heterocycles. The lowest BCUT2D eigenvalue weighted by atomic mass is 10.1. The molecule has 1 unspecified atom stereocenters. The van der Waals surface area contributed by atoms with Crippen LogP contribution in [-0.2, 0) is 0 Å². The second-order valence-corrected chi connectivity index (χ2v) is 4.86. The Morgan fingerprint density at radius 3 is 3.06 bits per heavy atom. The molecule has 0 amide bonds. The van der Waals surface area contributed by atoms with Crippen LogP contribution in [0.5, 0.6) is 0 Å². The van der Waals surface area contributed by atoms with E-state index in [1.807, 2.05) is 10.6 Å². The predicted octanol–water partition coefficient (Wildman–Crippen LogP) is 1.82. The van der Waals surface area contributed by atoms with E-state index in [-0.39, 0.29) is 0 Å². The van der Waals surface area contributed by atoms with Crippen molar-refractivity contribution in [2.75, 3.05) is 18.4 Å². The van der Waals surface area contributed by atoms with E-state index in [4.69, 9.17) is 5.73 Å². The highest BCUT2D eigenvalue weighted by molar-refractivity contribution is 5.51. The van der Waals surface area contributed by atoms with Gasteiger partial charge in [0.2, 0.25) is 0 Å². The van der Waals surface area contributed by atoms with E-state index in [2.05, 4.69) is 35.3 Å². The third kappa shape index (κ3) is 2.98. The Labute approximate surface area is 107 Å². The normalized spacial score (nSPS) is 12.8. The van der Waals surface area contributed by atoms with Gasteiger partial charge in [-0.05, 0) is 49.9 Å². The molecule has 0 fully saturated rings. The van der Waals surface area contributed by atoms with Crippen molar-refractivity contribution >= 4 is 11.5 Å². The van der Waals surface area contributed by atoms with Crippen molar-refractivity contribution in [3.05, 3.63) is 24.0 Å². The van der Waals surface area contributed by atoms with Crippen molar-refractivity contribution in [1.82, 2.24) is 14.6 Å². The summed E-state index contributed by atoms with van der Waals surface area (Å²) in [5.41, 5.74) is 7.67. The van der Waals surface area contributed by atoms with Gasteiger partial charge >= 0.3 is 0 Å². The van der Waals surface area contributed by atoms with E-state index < -0.39 is 0 Å². The highest BCUT2D eigenvalue weighted by Gasteiger charge is 2.04. The third-order valence-corrected chi connectivity index (χ3v) is 3.11. The third-order valence-electron chi connectivity index (χ3n) is 3.11. The van der Waals surface area contributed by atoms with Crippen LogP contribution >= 0.6 is 0 Å². The van der Waals surface area contributed by atoms with Gasteiger partial charge in [0, 0.05) is 6.54 Å². The molecule has 0 aliphatic rings. The molecule has 0 bridgehead atoms. The number of nitrogens with zero attached hydrogens (tertiary/aromatic N) is 3. The number of hydrogen-bond donors (Lipinski definition) is 2. The second kappa shape index (κ2) is 5.82. The molecule has 0 aromatic carbocycles. The largest absolute Gasteiger partial charge is 0.370 e. The van der Waals surface area contributed by atoms with Gasteiger partial charge < -0.3 is 11.1 Å². The number of nitrogens with two attached hydrogens (primary N) is 1. The lowest BCUT2D eigenvalue weighted by Crippen LogP contribution is -2.13. The Morgan fingerprint density at radius 2 is 2.28 bits per heavy atom. The molecule has 0 saturated carbocycles. The highest BCUT2D eigenvalue weighted by atomic mass is 15.3. The molecule has 0 radical (unpaired) electrons. The predicted molar refractivity (Wildman–Crippen MR) is 73.7 cm³/mol. The SMILES string of the molecule is Cc1cc(NCCCC(C)CN)n2ncnc2c1. The average Bonchev–Trinajstić information content (AvgIpc) is 2.81. The summed E-state index contributed by atoms with van der Waals surface area (Å²) in [5.74, 6) is 1.60. The first kappa shape index (κ1) is 12.8. The topological polar surface area (TPSA) is 68.2 Å². The van der Waals surface area contributed by atoms with Crippen molar-refractivity contribution in [1.29, 1.82) is 0 Å². The van der Waals surface area contributed by atoms with Crippen LogP contribution in [0, 0.1) is 12.8 Å². The summed E-state index contributed by atoms with van der Waals surface area (Å²) in [6, 6.07) is 4.11. The summed E-state index contributed by atoms with van der Waals surface area (Å²) in [7, 11) is 0. The van der Waals surface area contributed by atoms with E-state index in [1.165, 1.54) is 5.56 Å². The Kier molecular flexibility index (Phi) is 4.15. The van der Waals surface area contributed by atoms with Gasteiger partial charge in [-0.2, -0.15) is 9.61 Å². The monoisotopic (exact) mass is 247 g/mol. The molecule has 18 heavy (non-hydrogen) atoms. The fraction of sp³-hybridized carbons (Fsp3) is 0.538. The standard InChI is InChI=1S/C13H21N5/c1-10(8-14)4-3-5-15-12-6-11(2)7-13-16-9-17-18(12)13/h6-7,9-10,15H,3-5,8,14H2,1-2H3. The molecule has 3 N–H and O–H groups in total. The Balaban J connectivity index is 1.97. The molecular formula is C13H21N5. The number of hydrogen-bond acceptors (Lipinski definition) is 4. The van der Waals surface area contributed by atoms with Crippen LogP contribution in [0.15, 0.2) is 18.5 Å². The second-order valence-electron chi connectivity index (χ2n) is 4.86. The van der Waals surface area contributed by atoms with E-state index in [0.29, 0.717) is 5.92 Å². The van der Waals surface area contributed by atoms with E-state index >= 15 is 0 Å². The number of nitrogens with one attached hydrogen (secondary N) is 1. The van der Waals surface area contributed by atoms with Crippen LogP contribution in [0.2, 0.25) is 0 Å². The molecule has 5 nitrogen and oxygen atoms in total. The van der Waals surface area contributed by atoms with Gasteiger partial charge in [-0.25, -0.2) is 4.98 Å². The minimum atomic E-state index is 0.593. The first-order valence-corrected chi connectivity index (χ1v) is 6.45. The van der Waals surface area contributed by atoms with Crippen molar-refractivity contribution in [2.24, 2.45) is 11.7 Å². The van der Waals surface area contributed by atoms with Crippen LogP contribution in [0.1, 0.15) is 25.3 Å². The molecule has 2 aromatic rings. The number of aryl methyl sites for hydroxylation is 1. The molecule has 98 valence electrons. The molecular weight excluding hydrogens is 226 g/mol. The maximum Gasteiger partial charge on any atom is 0.157 e. The van der Waals surface area contributed by atoms with Crippen LogP contribution in [-0.4, -0.2) is 27.7 Å². The maximum absolute atomic E-state index is 5.60. The molecule has 1 atom stereocenters. The van der Waals surface area contributed by atoms with Gasteiger partial charge in [-0.15, -0.1) is 0 Å². The minimum Gasteiger partial charge on any atom is -0.370 e. The summed E-state index contributed by atoms with van der Waals surface area (Å²) in [5, 5.41) is 7.63. The average molecular weight is 247 g/mol. The lowest BCUT2D eigenvalue weighted by molar-refractivity contribution is 0.529. The minimum absolute atomic E-state index is 0.593. The quantitative estimate of drug-likeness (QED) is 0.764. The Hall–Kier alpha value is -1.62. The van der Waals surface area contributed by atoms with Gasteiger partial charge in [-0.3, -0.25) is 0 Å². The molecule has 0 aliphatic carbocycles. The zero-order chi connectivity index (χ0) is 13.0. The zero-order valence-electron chi connectivity index (χ0n) is 11.1. The summed E-state index contributed by atoms with van der Waals surface area (Å²) < 4.78 is 1.83. The first-order chi connectivity index (χ1) is 8.70. The van der Waals surface area contributed by atoms with Gasteiger partial charge in [0.1, 0.15) is 12.1 Å². The van der Waals surface area contributed by atoms with E-state index in [9.17, 15) is 0 Å². The number of aromatic nitrogens is 3. The molecule has 2 aromatic heterocycles. The van der Waals surface area contributed by atoms with Crippen LogP contribution in [0.4, 0.5) is 5.82 Å². The zero-order valence-corrected chi connectivity index (χ0v) is 11.1. The first-order valence-electron chi connectivity index (χ1n) is 6.45. The molecule has 5 heteroatoms. The van der Waals surface area contributed by atoms with Crippen molar-refractivity contribution in [3.63, 3.8) is 0 Å². The highest BCUT2D eigenvalue weighted by Crippen LogP contribution is 2.13. The summed E-state index contributed by atoms with van der Waals surface area (Å²) >= 11 is 0.